The Morgan fingerprint density at radius 3 is 2.46 bits per heavy atom. The predicted octanol–water partition coefficient (Wildman–Crippen LogP) is 5.81. The Labute approximate surface area is 171 Å². The predicted molar refractivity (Wildman–Crippen MR) is 113 cm³/mol. The van der Waals surface area contributed by atoms with E-state index in [9.17, 15) is 9.59 Å². The smallest absolute Gasteiger partial charge is 0.408 e. The molecule has 1 N–H and O–H groups in total. The highest BCUT2D eigenvalue weighted by Crippen LogP contribution is 2.31. The number of hydrogen-bond acceptors (Lipinski definition) is 4. The minimum absolute atomic E-state index is 0.171. The molecule has 0 aliphatic carbocycles. The lowest BCUT2D eigenvalue weighted by molar-refractivity contribution is 0.0894. The third-order valence-electron chi connectivity index (χ3n) is 4.07. The number of hydrogen-bond donors (Lipinski definition) is 1. The molecule has 5 nitrogen and oxygen atoms in total. The zero-order valence-electron chi connectivity index (χ0n) is 16.2. The number of nitrogens with one attached hydrogen (secondary N) is 1. The molecule has 28 heavy (non-hydrogen) atoms. The van der Waals surface area contributed by atoms with E-state index in [0.29, 0.717) is 27.9 Å². The van der Waals surface area contributed by atoms with Gasteiger partial charge < -0.3 is 14.5 Å². The second kappa shape index (κ2) is 7.80. The molecular weight excluding hydrogens is 422 g/mol. The third-order valence-corrected chi connectivity index (χ3v) is 4.57. The van der Waals surface area contributed by atoms with Gasteiger partial charge >= 0.3 is 6.09 Å². The SMILES string of the molecule is C[C@H](OC(=O)NC(C)(C)C)c1oc2ccc(Br)cc2c(=O)c1-c1ccccc1. The Hall–Kier alpha value is -2.60. The van der Waals surface area contributed by atoms with Gasteiger partial charge in [-0.25, -0.2) is 4.79 Å². The lowest BCUT2D eigenvalue weighted by Crippen LogP contribution is -2.41. The van der Waals surface area contributed by atoms with E-state index in [2.05, 4.69) is 21.2 Å². The van der Waals surface area contributed by atoms with Crippen molar-refractivity contribution in [3.8, 4) is 11.1 Å². The van der Waals surface area contributed by atoms with Crippen LogP contribution in [0.5, 0.6) is 0 Å². The van der Waals surface area contributed by atoms with Crippen molar-refractivity contribution < 1.29 is 13.9 Å². The van der Waals surface area contributed by atoms with Crippen LogP contribution in [0.25, 0.3) is 22.1 Å². The van der Waals surface area contributed by atoms with Crippen molar-refractivity contribution in [2.75, 3.05) is 0 Å². The molecule has 0 unspecified atom stereocenters. The number of carbonyl (C=O) groups excluding carboxylic acids is 1. The fraction of sp³-hybridized carbons (Fsp3) is 0.273. The Morgan fingerprint density at radius 1 is 1.14 bits per heavy atom. The maximum absolute atomic E-state index is 13.3. The van der Waals surface area contributed by atoms with Crippen molar-refractivity contribution in [3.05, 3.63) is 69.0 Å². The summed E-state index contributed by atoms with van der Waals surface area (Å²) in [6.07, 6.45) is -1.32. The Balaban J connectivity index is 2.14. The Kier molecular flexibility index (Phi) is 5.61. The summed E-state index contributed by atoms with van der Waals surface area (Å²) < 4.78 is 12.3. The van der Waals surface area contributed by atoms with Crippen LogP contribution >= 0.6 is 15.9 Å². The third kappa shape index (κ3) is 4.44. The van der Waals surface area contributed by atoms with E-state index in [1.165, 1.54) is 0 Å². The summed E-state index contributed by atoms with van der Waals surface area (Å²) in [6.45, 7) is 7.28. The van der Waals surface area contributed by atoms with Crippen LogP contribution in [0.4, 0.5) is 4.79 Å². The van der Waals surface area contributed by atoms with E-state index in [0.717, 1.165) is 4.47 Å². The molecule has 1 atom stereocenters. The van der Waals surface area contributed by atoms with Crippen molar-refractivity contribution in [1.82, 2.24) is 5.32 Å². The highest BCUT2D eigenvalue weighted by molar-refractivity contribution is 9.10. The van der Waals surface area contributed by atoms with Gasteiger partial charge in [-0.2, -0.15) is 0 Å². The summed E-state index contributed by atoms with van der Waals surface area (Å²) in [4.78, 5) is 25.5. The minimum Gasteiger partial charge on any atom is -0.456 e. The summed E-state index contributed by atoms with van der Waals surface area (Å²) in [6, 6.07) is 14.5. The van der Waals surface area contributed by atoms with E-state index in [1.807, 2.05) is 51.1 Å². The second-order valence-corrected chi connectivity index (χ2v) is 8.52. The molecule has 3 aromatic rings. The molecule has 146 valence electrons. The van der Waals surface area contributed by atoms with E-state index in [4.69, 9.17) is 9.15 Å². The molecule has 0 radical (unpaired) electrons. The van der Waals surface area contributed by atoms with Gasteiger partial charge in [-0.3, -0.25) is 4.79 Å². The lowest BCUT2D eigenvalue weighted by atomic mass is 10.00. The van der Waals surface area contributed by atoms with Crippen molar-refractivity contribution in [2.45, 2.75) is 39.3 Å². The van der Waals surface area contributed by atoms with Crippen LogP contribution in [0.15, 0.2) is 62.2 Å². The minimum atomic E-state index is -0.752. The molecule has 3 rings (SSSR count). The molecule has 0 saturated heterocycles. The van der Waals surface area contributed by atoms with Crippen LogP contribution in [0.3, 0.4) is 0 Å². The summed E-state index contributed by atoms with van der Waals surface area (Å²) in [5, 5.41) is 3.21. The number of ether oxygens (including phenoxy) is 1. The number of fused-ring (bicyclic) bond motifs is 1. The second-order valence-electron chi connectivity index (χ2n) is 7.60. The van der Waals surface area contributed by atoms with Crippen LogP contribution in [0, 0.1) is 0 Å². The molecule has 6 heteroatoms. The molecule has 0 aliphatic rings. The highest BCUT2D eigenvalue weighted by Gasteiger charge is 2.25. The van der Waals surface area contributed by atoms with Gasteiger partial charge in [0, 0.05) is 10.0 Å². The van der Waals surface area contributed by atoms with Gasteiger partial charge in [-0.1, -0.05) is 46.3 Å². The Bertz CT molecular complexity index is 1070. The van der Waals surface area contributed by atoms with Crippen LogP contribution in [0.1, 0.15) is 39.6 Å². The largest absolute Gasteiger partial charge is 0.456 e. The molecule has 0 bridgehead atoms. The molecule has 0 saturated carbocycles. The molecule has 1 amide bonds. The van der Waals surface area contributed by atoms with Crippen LogP contribution in [0.2, 0.25) is 0 Å². The Morgan fingerprint density at radius 2 is 1.82 bits per heavy atom. The summed E-state index contributed by atoms with van der Waals surface area (Å²) >= 11 is 3.40. The lowest BCUT2D eigenvalue weighted by Gasteiger charge is -2.22. The molecule has 0 aliphatic heterocycles. The number of amides is 1. The summed E-state index contributed by atoms with van der Waals surface area (Å²) in [5.41, 5.74) is 0.933. The van der Waals surface area contributed by atoms with Gasteiger partial charge in [0.2, 0.25) is 5.43 Å². The van der Waals surface area contributed by atoms with Crippen molar-refractivity contribution in [1.29, 1.82) is 0 Å². The standard InChI is InChI=1S/C22H22BrNO4/c1-13(27-21(26)24-22(2,3)4)20-18(14-8-6-5-7-9-14)19(25)16-12-15(23)10-11-17(16)28-20/h5-13H,1-4H3,(H,24,26)/t13-/m0/s1. The molecule has 0 fully saturated rings. The first-order valence-electron chi connectivity index (χ1n) is 8.96. The van der Waals surface area contributed by atoms with E-state index >= 15 is 0 Å². The van der Waals surface area contributed by atoms with Crippen LogP contribution in [-0.2, 0) is 4.74 Å². The maximum Gasteiger partial charge on any atom is 0.408 e. The molecule has 0 spiro atoms. The van der Waals surface area contributed by atoms with E-state index in [1.54, 1.807) is 25.1 Å². The van der Waals surface area contributed by atoms with Gasteiger partial charge in [0.25, 0.3) is 0 Å². The summed E-state index contributed by atoms with van der Waals surface area (Å²) in [5.74, 6) is 0.315. The first kappa shape index (κ1) is 20.1. The highest BCUT2D eigenvalue weighted by atomic mass is 79.9. The molecular formula is C22H22BrNO4. The number of rotatable bonds is 3. The number of benzene rings is 2. The monoisotopic (exact) mass is 443 g/mol. The van der Waals surface area contributed by atoms with Gasteiger partial charge in [0.1, 0.15) is 5.58 Å². The number of halogens is 1. The van der Waals surface area contributed by atoms with Gasteiger partial charge in [0.15, 0.2) is 11.9 Å². The molecule has 1 heterocycles. The average Bonchev–Trinajstić information content (AvgIpc) is 2.61. The van der Waals surface area contributed by atoms with Gasteiger partial charge in [0.05, 0.1) is 10.9 Å². The molecule has 1 aromatic heterocycles. The van der Waals surface area contributed by atoms with Crippen molar-refractivity contribution in [3.63, 3.8) is 0 Å². The quantitative estimate of drug-likeness (QED) is 0.554. The van der Waals surface area contributed by atoms with Gasteiger partial charge in [-0.15, -0.1) is 0 Å². The zero-order valence-corrected chi connectivity index (χ0v) is 17.8. The first-order valence-corrected chi connectivity index (χ1v) is 9.75. The fourth-order valence-electron chi connectivity index (χ4n) is 2.90. The van der Waals surface area contributed by atoms with E-state index in [-0.39, 0.29) is 5.43 Å². The number of carbonyl (C=O) groups is 1. The zero-order chi connectivity index (χ0) is 20.5. The van der Waals surface area contributed by atoms with E-state index < -0.39 is 17.7 Å². The first-order chi connectivity index (χ1) is 13.2. The van der Waals surface area contributed by atoms with Gasteiger partial charge in [-0.05, 0) is 51.5 Å². The maximum atomic E-state index is 13.3. The van der Waals surface area contributed by atoms with Crippen molar-refractivity contribution in [2.24, 2.45) is 0 Å². The molecule has 2 aromatic carbocycles. The summed E-state index contributed by atoms with van der Waals surface area (Å²) in [7, 11) is 0. The topological polar surface area (TPSA) is 68.5 Å². The van der Waals surface area contributed by atoms with Crippen LogP contribution in [-0.4, -0.2) is 11.6 Å². The van der Waals surface area contributed by atoms with Crippen molar-refractivity contribution >= 4 is 33.0 Å². The van der Waals surface area contributed by atoms with Crippen LogP contribution < -0.4 is 10.7 Å². The fourth-order valence-corrected chi connectivity index (χ4v) is 3.26. The average molecular weight is 444 g/mol. The number of alkyl carbamates (subject to hydrolysis) is 1. The normalized spacial score (nSPS) is 12.6.